The van der Waals surface area contributed by atoms with Gasteiger partial charge in [0.15, 0.2) is 0 Å². The maximum atomic E-state index is 13.7. The molecule has 1 N–H and O–H groups in total. The van der Waals surface area contributed by atoms with Crippen molar-refractivity contribution in [2.45, 2.75) is 39.0 Å². The van der Waals surface area contributed by atoms with Gasteiger partial charge in [0.05, 0.1) is 24.8 Å². The van der Waals surface area contributed by atoms with E-state index in [1.54, 1.807) is 48.2 Å². The van der Waals surface area contributed by atoms with Gasteiger partial charge in [-0.1, -0.05) is 23.7 Å². The number of para-hydroxylation sites is 1. The van der Waals surface area contributed by atoms with Crippen molar-refractivity contribution >= 4 is 40.7 Å². The number of anilines is 2. The summed E-state index contributed by atoms with van der Waals surface area (Å²) in [5, 5.41) is 3.59. The smallest absolute Gasteiger partial charge is 0.262 e. The van der Waals surface area contributed by atoms with E-state index in [2.05, 4.69) is 10.2 Å². The van der Waals surface area contributed by atoms with E-state index in [-0.39, 0.29) is 17.7 Å². The first kappa shape index (κ1) is 32.3. The lowest BCUT2D eigenvalue weighted by Crippen LogP contribution is -2.48. The van der Waals surface area contributed by atoms with Crippen LogP contribution in [-0.2, 0) is 11.2 Å². The van der Waals surface area contributed by atoms with Gasteiger partial charge in [-0.3, -0.25) is 19.3 Å². The molecule has 5 rings (SSSR count). The number of hydrogen-bond donors (Lipinski definition) is 1. The molecule has 1 fully saturated rings. The summed E-state index contributed by atoms with van der Waals surface area (Å²) in [4.78, 5) is 44.6. The second-order valence-corrected chi connectivity index (χ2v) is 11.9. The number of aryl methyl sites for hydroxylation is 1. The molecule has 2 aliphatic rings. The van der Waals surface area contributed by atoms with Crippen molar-refractivity contribution in [2.24, 2.45) is 0 Å². The quantitative estimate of drug-likeness (QED) is 0.280. The Morgan fingerprint density at radius 2 is 1.67 bits per heavy atom. The van der Waals surface area contributed by atoms with Crippen LogP contribution in [0.3, 0.4) is 0 Å². The van der Waals surface area contributed by atoms with Gasteiger partial charge >= 0.3 is 0 Å². The standard InChI is InChI=1S/C35H41ClN4O5/c1-25(41)39-20-18-38(19-21-39)16-7-8-22-45-32-11-4-3-10-29(32)34(42)37-28-13-14-30(33(24-28)44-2)35(43)40-17-6-5-9-26-23-27(36)12-15-31(26)40/h3-4,10-15,23-24H,5-9,16-22H2,1-2H3,(H,37,42). The topological polar surface area (TPSA) is 91.4 Å². The van der Waals surface area contributed by atoms with Crippen LogP contribution in [0.25, 0.3) is 0 Å². The number of benzene rings is 3. The predicted octanol–water partition coefficient (Wildman–Crippen LogP) is 5.91. The molecule has 0 aliphatic carbocycles. The van der Waals surface area contributed by atoms with Gasteiger partial charge in [0.2, 0.25) is 5.91 Å². The summed E-state index contributed by atoms with van der Waals surface area (Å²) < 4.78 is 11.6. The molecule has 0 aromatic heterocycles. The summed E-state index contributed by atoms with van der Waals surface area (Å²) in [5.41, 5.74) is 3.28. The van der Waals surface area contributed by atoms with Crippen LogP contribution in [0.5, 0.6) is 11.5 Å². The van der Waals surface area contributed by atoms with Crippen molar-refractivity contribution in [3.8, 4) is 11.5 Å². The SMILES string of the molecule is COc1cc(NC(=O)c2ccccc2OCCCCN2CCN(C(C)=O)CC2)ccc1C(=O)N1CCCCc2cc(Cl)ccc21. The number of nitrogens with zero attached hydrogens (tertiary/aromatic N) is 3. The first-order valence-corrected chi connectivity index (χ1v) is 16.0. The highest BCUT2D eigenvalue weighted by Gasteiger charge is 2.25. The van der Waals surface area contributed by atoms with Crippen LogP contribution >= 0.6 is 11.6 Å². The van der Waals surface area contributed by atoms with Crippen LogP contribution in [0, 0.1) is 0 Å². The maximum absolute atomic E-state index is 13.7. The molecule has 3 amide bonds. The Labute approximate surface area is 270 Å². The number of piperazine rings is 1. The molecule has 3 aromatic carbocycles. The van der Waals surface area contributed by atoms with Crippen LogP contribution in [0.15, 0.2) is 60.7 Å². The number of ether oxygens (including phenoxy) is 2. The molecule has 9 nitrogen and oxygen atoms in total. The van der Waals surface area contributed by atoms with E-state index in [0.29, 0.717) is 46.5 Å². The summed E-state index contributed by atoms with van der Waals surface area (Å²) >= 11 is 6.23. The van der Waals surface area contributed by atoms with E-state index in [1.807, 2.05) is 29.2 Å². The first-order valence-electron chi connectivity index (χ1n) is 15.6. The van der Waals surface area contributed by atoms with Crippen molar-refractivity contribution in [2.75, 3.05) is 63.2 Å². The zero-order valence-electron chi connectivity index (χ0n) is 26.0. The van der Waals surface area contributed by atoms with Crippen molar-refractivity contribution < 1.29 is 23.9 Å². The van der Waals surface area contributed by atoms with Crippen molar-refractivity contribution in [3.05, 3.63) is 82.4 Å². The third kappa shape index (κ3) is 8.15. The third-order valence-corrected chi connectivity index (χ3v) is 8.66. The van der Waals surface area contributed by atoms with Crippen molar-refractivity contribution in [3.63, 3.8) is 0 Å². The maximum Gasteiger partial charge on any atom is 0.262 e. The van der Waals surface area contributed by atoms with Crippen LogP contribution in [0.1, 0.15) is 58.9 Å². The van der Waals surface area contributed by atoms with E-state index in [4.69, 9.17) is 21.1 Å². The Morgan fingerprint density at radius 3 is 2.44 bits per heavy atom. The van der Waals surface area contributed by atoms with Crippen molar-refractivity contribution in [1.82, 2.24) is 9.80 Å². The molecule has 45 heavy (non-hydrogen) atoms. The predicted molar refractivity (Wildman–Crippen MR) is 177 cm³/mol. The summed E-state index contributed by atoms with van der Waals surface area (Å²) in [6.45, 7) is 7.02. The van der Waals surface area contributed by atoms with Gasteiger partial charge in [0.25, 0.3) is 11.8 Å². The second-order valence-electron chi connectivity index (χ2n) is 11.5. The fourth-order valence-electron chi connectivity index (χ4n) is 5.91. The average Bonchev–Trinajstić information content (AvgIpc) is 3.26. The van der Waals surface area contributed by atoms with Gasteiger partial charge in [0, 0.05) is 62.1 Å². The monoisotopic (exact) mass is 632 g/mol. The molecule has 10 heteroatoms. The highest BCUT2D eigenvalue weighted by molar-refractivity contribution is 6.30. The molecule has 0 saturated carbocycles. The summed E-state index contributed by atoms with van der Waals surface area (Å²) in [6, 6.07) is 17.9. The van der Waals surface area contributed by atoms with E-state index in [9.17, 15) is 14.4 Å². The molecule has 3 aromatic rings. The molecular formula is C35H41ClN4O5. The molecule has 2 aliphatic heterocycles. The molecule has 0 spiro atoms. The summed E-state index contributed by atoms with van der Waals surface area (Å²) in [5.74, 6) is 0.562. The Morgan fingerprint density at radius 1 is 0.867 bits per heavy atom. The molecule has 238 valence electrons. The number of carbonyl (C=O) groups excluding carboxylic acids is 3. The molecular weight excluding hydrogens is 592 g/mol. The van der Waals surface area contributed by atoms with E-state index in [1.165, 1.54) is 7.11 Å². The van der Waals surface area contributed by atoms with Crippen LogP contribution < -0.4 is 19.7 Å². The fourth-order valence-corrected chi connectivity index (χ4v) is 6.10. The Balaban J connectivity index is 1.18. The second kappa shape index (κ2) is 15.3. The number of rotatable bonds is 10. The Bertz CT molecular complexity index is 1520. The molecule has 2 heterocycles. The molecule has 0 atom stereocenters. The van der Waals surface area contributed by atoms with Crippen LogP contribution in [-0.4, -0.2) is 80.5 Å². The summed E-state index contributed by atoms with van der Waals surface area (Å²) in [7, 11) is 1.52. The lowest BCUT2D eigenvalue weighted by molar-refractivity contribution is -0.130. The minimum absolute atomic E-state index is 0.137. The normalized spacial score (nSPS) is 15.2. The number of methoxy groups -OCH3 is 1. The lowest BCUT2D eigenvalue weighted by atomic mass is 10.1. The highest BCUT2D eigenvalue weighted by atomic mass is 35.5. The molecule has 0 radical (unpaired) electrons. The zero-order valence-corrected chi connectivity index (χ0v) is 26.8. The fraction of sp³-hybridized carbons (Fsp3) is 0.400. The largest absolute Gasteiger partial charge is 0.496 e. The number of fused-ring (bicyclic) bond motifs is 1. The third-order valence-electron chi connectivity index (χ3n) is 8.42. The minimum atomic E-state index is -0.312. The van der Waals surface area contributed by atoms with E-state index < -0.39 is 0 Å². The Kier molecular flexibility index (Phi) is 11.0. The van der Waals surface area contributed by atoms with Gasteiger partial charge in [-0.05, 0) is 86.7 Å². The zero-order chi connectivity index (χ0) is 31.8. The van der Waals surface area contributed by atoms with Gasteiger partial charge in [-0.15, -0.1) is 0 Å². The van der Waals surface area contributed by atoms with Crippen LogP contribution in [0.4, 0.5) is 11.4 Å². The lowest BCUT2D eigenvalue weighted by Gasteiger charge is -2.34. The number of carbonyl (C=O) groups is 3. The average molecular weight is 633 g/mol. The Hall–Kier alpha value is -4.08. The van der Waals surface area contributed by atoms with E-state index in [0.717, 1.165) is 76.1 Å². The van der Waals surface area contributed by atoms with Crippen LogP contribution in [0.2, 0.25) is 5.02 Å². The van der Waals surface area contributed by atoms with Gasteiger partial charge in [-0.2, -0.15) is 0 Å². The number of hydrogen-bond acceptors (Lipinski definition) is 6. The number of nitrogens with one attached hydrogen (secondary N) is 1. The van der Waals surface area contributed by atoms with Crippen molar-refractivity contribution in [1.29, 1.82) is 0 Å². The van der Waals surface area contributed by atoms with E-state index >= 15 is 0 Å². The first-order chi connectivity index (χ1) is 21.8. The number of unbranched alkanes of at least 4 members (excludes halogenated alkanes) is 1. The molecule has 0 unspecified atom stereocenters. The highest BCUT2D eigenvalue weighted by Crippen LogP contribution is 2.33. The molecule has 1 saturated heterocycles. The number of amides is 3. The number of halogens is 1. The van der Waals surface area contributed by atoms with Gasteiger partial charge in [-0.25, -0.2) is 0 Å². The minimum Gasteiger partial charge on any atom is -0.496 e. The van der Waals surface area contributed by atoms with Gasteiger partial charge in [0.1, 0.15) is 11.5 Å². The van der Waals surface area contributed by atoms with Gasteiger partial charge < -0.3 is 24.6 Å². The summed E-state index contributed by atoms with van der Waals surface area (Å²) in [6.07, 6.45) is 4.55. The molecule has 0 bridgehead atoms.